The molecule has 10 heteroatoms. The smallest absolute Gasteiger partial charge is 0.462 e. The molecule has 0 aromatic carbocycles. The molecule has 0 aromatic rings. The number of phosphoric acid groups is 1. The molecule has 0 aromatic heterocycles. The molecule has 0 spiro atoms. The first-order valence-electron chi connectivity index (χ1n) is 41.0. The molecule has 0 aliphatic heterocycles. The first-order chi connectivity index (χ1) is 47.8. The second-order valence-corrected chi connectivity index (χ2v) is 28.7. The number of unbranched alkanes of at least 4 members (excludes halogenated alkanes) is 44. The van der Waals surface area contributed by atoms with Crippen molar-refractivity contribution >= 4 is 19.8 Å². The maximum absolute atomic E-state index is 12.8. The molecule has 0 aliphatic carbocycles. The van der Waals surface area contributed by atoms with E-state index in [1.807, 2.05) is 0 Å². The van der Waals surface area contributed by atoms with Gasteiger partial charge in [0.25, 0.3) is 0 Å². The maximum atomic E-state index is 12.8. The van der Waals surface area contributed by atoms with Gasteiger partial charge in [0.15, 0.2) is 6.10 Å². The molecule has 2 unspecified atom stereocenters. The van der Waals surface area contributed by atoms with E-state index < -0.39 is 26.5 Å². The molecule has 3 N–H and O–H groups in total. The molecule has 97 heavy (non-hydrogen) atoms. The Morgan fingerprint density at radius 1 is 0.309 bits per heavy atom. The van der Waals surface area contributed by atoms with Gasteiger partial charge in [-0.25, -0.2) is 4.57 Å². The Balaban J connectivity index is 3.77. The summed E-state index contributed by atoms with van der Waals surface area (Å²) in [4.78, 5) is 35.5. The average molecular weight is 1370 g/mol. The van der Waals surface area contributed by atoms with Gasteiger partial charge in [0.2, 0.25) is 0 Å². The molecule has 0 fully saturated rings. The summed E-state index contributed by atoms with van der Waals surface area (Å²) in [6.07, 6.45) is 115. The van der Waals surface area contributed by atoms with E-state index in [9.17, 15) is 19.0 Å². The fourth-order valence-electron chi connectivity index (χ4n) is 11.9. The molecule has 0 aliphatic rings. The van der Waals surface area contributed by atoms with Gasteiger partial charge in [0.1, 0.15) is 6.61 Å². The summed E-state index contributed by atoms with van der Waals surface area (Å²) >= 11 is 0. The van der Waals surface area contributed by atoms with Crippen LogP contribution in [0, 0.1) is 0 Å². The highest BCUT2D eigenvalue weighted by atomic mass is 31.2. The van der Waals surface area contributed by atoms with Gasteiger partial charge in [-0.3, -0.25) is 18.6 Å². The Bertz CT molecular complexity index is 2020. The highest BCUT2D eigenvalue weighted by Gasteiger charge is 2.26. The molecule has 0 bridgehead atoms. The number of esters is 2. The Morgan fingerprint density at radius 3 is 0.794 bits per heavy atom. The molecule has 0 saturated carbocycles. The minimum Gasteiger partial charge on any atom is -0.462 e. The molecule has 0 radical (unpaired) electrons. The van der Waals surface area contributed by atoms with E-state index >= 15 is 0 Å². The van der Waals surface area contributed by atoms with Crippen LogP contribution >= 0.6 is 7.82 Å². The zero-order chi connectivity index (χ0) is 70.0. The number of rotatable bonds is 77. The van der Waals surface area contributed by atoms with E-state index in [0.717, 1.165) is 103 Å². The number of carbonyl (C=O) groups excluding carboxylic acids is 2. The van der Waals surface area contributed by atoms with Crippen LogP contribution in [0.4, 0.5) is 0 Å². The lowest BCUT2D eigenvalue weighted by molar-refractivity contribution is -0.161. The summed E-state index contributed by atoms with van der Waals surface area (Å²) in [6, 6.07) is 0. The average Bonchev–Trinajstić information content (AvgIpc) is 2.88. The van der Waals surface area contributed by atoms with Crippen molar-refractivity contribution in [1.82, 2.24) is 0 Å². The van der Waals surface area contributed by atoms with Gasteiger partial charge in [-0.2, -0.15) is 0 Å². The minimum atomic E-state index is -4.40. The van der Waals surface area contributed by atoms with Crippen molar-refractivity contribution in [3.8, 4) is 0 Å². The van der Waals surface area contributed by atoms with Crippen LogP contribution in [0.25, 0.3) is 0 Å². The lowest BCUT2D eigenvalue weighted by Crippen LogP contribution is -2.29. The Morgan fingerprint density at radius 2 is 0.536 bits per heavy atom. The van der Waals surface area contributed by atoms with Crippen molar-refractivity contribution in [3.05, 3.63) is 122 Å². The van der Waals surface area contributed by atoms with Crippen LogP contribution in [0.2, 0.25) is 0 Å². The number of hydrogen-bond donors (Lipinski definition) is 2. The summed E-state index contributed by atoms with van der Waals surface area (Å²) in [5.74, 6) is -0.810. The number of hydrogen-bond acceptors (Lipinski definition) is 8. The lowest BCUT2D eigenvalue weighted by Gasteiger charge is -2.19. The highest BCUT2D eigenvalue weighted by Crippen LogP contribution is 2.43. The lowest BCUT2D eigenvalue weighted by atomic mass is 10.0. The Labute approximate surface area is 600 Å². The van der Waals surface area contributed by atoms with Crippen molar-refractivity contribution in [2.24, 2.45) is 5.73 Å². The van der Waals surface area contributed by atoms with E-state index in [-0.39, 0.29) is 38.6 Å². The van der Waals surface area contributed by atoms with Crippen LogP contribution in [-0.2, 0) is 32.7 Å². The predicted octanol–water partition coefficient (Wildman–Crippen LogP) is 27.8. The Kier molecular flexibility index (Phi) is 78.4. The normalized spacial score (nSPS) is 13.5. The van der Waals surface area contributed by atoms with E-state index in [0.29, 0.717) is 6.42 Å². The first kappa shape index (κ1) is 93.4. The third-order valence-corrected chi connectivity index (χ3v) is 18.8. The molecule has 560 valence electrons. The number of phosphoric ester groups is 1. The van der Waals surface area contributed by atoms with Crippen molar-refractivity contribution < 1.29 is 37.6 Å². The largest absolute Gasteiger partial charge is 0.472 e. The molecule has 9 nitrogen and oxygen atoms in total. The third-order valence-electron chi connectivity index (χ3n) is 17.8. The summed E-state index contributed by atoms with van der Waals surface area (Å²) in [5.41, 5.74) is 5.42. The molecule has 0 amide bonds. The van der Waals surface area contributed by atoms with Crippen LogP contribution in [0.5, 0.6) is 0 Å². The van der Waals surface area contributed by atoms with Gasteiger partial charge < -0.3 is 20.1 Å². The number of carbonyl (C=O) groups is 2. The molecule has 2 atom stereocenters. The molecule has 0 rings (SSSR count). The molecular formula is C87H154NO8P. The fourth-order valence-corrected chi connectivity index (χ4v) is 12.6. The van der Waals surface area contributed by atoms with E-state index in [4.69, 9.17) is 24.3 Å². The summed E-state index contributed by atoms with van der Waals surface area (Å²) in [5, 5.41) is 0. The van der Waals surface area contributed by atoms with Crippen molar-refractivity contribution in [2.45, 2.75) is 392 Å². The third kappa shape index (κ3) is 81.3. The monoisotopic (exact) mass is 1370 g/mol. The topological polar surface area (TPSA) is 134 Å². The van der Waals surface area contributed by atoms with Gasteiger partial charge in [0, 0.05) is 19.4 Å². The molecular weight excluding hydrogens is 1220 g/mol. The molecule has 0 saturated heterocycles. The van der Waals surface area contributed by atoms with Crippen LogP contribution < -0.4 is 5.73 Å². The quantitative estimate of drug-likeness (QED) is 0.0264. The fraction of sp³-hybridized carbons (Fsp3) is 0.747. The zero-order valence-electron chi connectivity index (χ0n) is 63.3. The Hall–Kier alpha value is -3.59. The van der Waals surface area contributed by atoms with E-state index in [1.54, 1.807) is 0 Å². The van der Waals surface area contributed by atoms with Gasteiger partial charge in [-0.05, 0) is 103 Å². The summed E-state index contributed by atoms with van der Waals surface area (Å²) in [6.45, 7) is 3.57. The zero-order valence-corrected chi connectivity index (χ0v) is 64.2. The van der Waals surface area contributed by atoms with Crippen molar-refractivity contribution in [1.29, 1.82) is 0 Å². The maximum Gasteiger partial charge on any atom is 0.472 e. The van der Waals surface area contributed by atoms with Gasteiger partial charge in [0.05, 0.1) is 13.2 Å². The van der Waals surface area contributed by atoms with Crippen LogP contribution in [0.3, 0.4) is 0 Å². The van der Waals surface area contributed by atoms with Crippen molar-refractivity contribution in [2.75, 3.05) is 26.4 Å². The molecule has 0 heterocycles. The van der Waals surface area contributed by atoms with Crippen LogP contribution in [-0.4, -0.2) is 49.3 Å². The predicted molar refractivity (Wildman–Crippen MR) is 422 cm³/mol. The van der Waals surface area contributed by atoms with Gasteiger partial charge in [-0.15, -0.1) is 0 Å². The standard InChI is InChI=1S/C87H154NO8P/c1-3-5-7-9-11-13-15-17-19-21-23-25-27-29-31-33-35-37-39-41-42-44-46-48-50-52-54-56-58-60-62-64-66-68-70-72-74-76-78-80-87(90)96-85(84-95-97(91,92)94-82-81-88)83-93-86(89)79-77-75-73-71-69-67-65-63-61-59-57-55-53-51-49-47-45-43-40-38-36-34-32-30-28-26-24-22-20-18-16-14-12-10-8-6-4-2/h5-8,11-14,17-20,23-26,29,31,35,37,85H,3-4,9-10,15-16,21-22,27-28,30,32-34,36,38-84,88H2,1-2H3,(H,91,92)/b7-5-,8-6-,13-11-,14-12-,19-17-,20-18-,25-23-,26-24-,31-29-,37-35-. The van der Waals surface area contributed by atoms with E-state index in [1.165, 1.54) is 250 Å². The second kappa shape index (κ2) is 81.4. The SMILES string of the molecule is CC/C=C\C/C=C\C/C=C\C/C=C\C/C=C\C/C=C\CCCCCCCCCCCCCCCCCCCCCCC(=O)OC(COC(=O)CCCCCCCCCCCCCCCCCCCCCCCCCC/C=C\C/C=C\C/C=C\C/C=C\CC)COP(=O)(O)OCCN. The van der Waals surface area contributed by atoms with Gasteiger partial charge >= 0.3 is 19.8 Å². The highest BCUT2D eigenvalue weighted by molar-refractivity contribution is 7.47. The number of ether oxygens (including phenoxy) is 2. The van der Waals surface area contributed by atoms with E-state index in [2.05, 4.69) is 135 Å². The van der Waals surface area contributed by atoms with Crippen LogP contribution in [0.1, 0.15) is 386 Å². The van der Waals surface area contributed by atoms with Crippen molar-refractivity contribution in [3.63, 3.8) is 0 Å². The summed E-state index contributed by atoms with van der Waals surface area (Å²) < 4.78 is 33.3. The second-order valence-electron chi connectivity index (χ2n) is 27.2. The number of nitrogens with two attached hydrogens (primary N) is 1. The van der Waals surface area contributed by atoms with Crippen LogP contribution in [0.15, 0.2) is 122 Å². The minimum absolute atomic E-state index is 0.0528. The first-order valence-corrected chi connectivity index (χ1v) is 42.5. The van der Waals surface area contributed by atoms with Gasteiger partial charge in [-0.1, -0.05) is 392 Å². The summed E-state index contributed by atoms with van der Waals surface area (Å²) in [7, 11) is -4.40. The number of allylic oxidation sites excluding steroid dienone is 20.